The van der Waals surface area contributed by atoms with E-state index < -0.39 is 0 Å². The van der Waals surface area contributed by atoms with Crippen molar-refractivity contribution in [2.75, 3.05) is 19.6 Å². The Kier molecular flexibility index (Phi) is 4.21. The molecule has 15 heavy (non-hydrogen) atoms. The summed E-state index contributed by atoms with van der Waals surface area (Å²) in [5, 5.41) is 3.67. The fourth-order valence-corrected chi connectivity index (χ4v) is 2.43. The number of hydrogen-bond acceptors (Lipinski definition) is 2. The van der Waals surface area contributed by atoms with E-state index in [0.29, 0.717) is 0 Å². The maximum absolute atomic E-state index is 3.81. The number of likely N-dealkylation sites (tertiary alicyclic amines) is 1. The molecule has 0 aromatic heterocycles. The first kappa shape index (κ1) is 11.2. The summed E-state index contributed by atoms with van der Waals surface area (Å²) >= 11 is 0. The topological polar surface area (TPSA) is 15.3 Å². The van der Waals surface area contributed by atoms with Crippen LogP contribution in [0.2, 0.25) is 0 Å². The van der Waals surface area contributed by atoms with Gasteiger partial charge < -0.3 is 5.32 Å². The highest BCUT2D eigenvalue weighted by atomic mass is 15.2. The van der Waals surface area contributed by atoms with Gasteiger partial charge in [-0.3, -0.25) is 4.90 Å². The molecule has 0 bridgehead atoms. The summed E-state index contributed by atoms with van der Waals surface area (Å²) in [4.78, 5) is 2.65. The van der Waals surface area contributed by atoms with Gasteiger partial charge >= 0.3 is 0 Å². The van der Waals surface area contributed by atoms with Crippen molar-refractivity contribution in [3.05, 3.63) is 12.7 Å². The summed E-state index contributed by atoms with van der Waals surface area (Å²) in [5.41, 5.74) is 0. The second-order valence-corrected chi connectivity index (χ2v) is 4.95. The fourth-order valence-electron chi connectivity index (χ4n) is 2.43. The highest BCUT2D eigenvalue weighted by Gasteiger charge is 2.25. The predicted octanol–water partition coefficient (Wildman–Crippen LogP) is 2.17. The lowest BCUT2D eigenvalue weighted by Gasteiger charge is -2.35. The molecule has 2 rings (SSSR count). The van der Waals surface area contributed by atoms with Gasteiger partial charge in [-0.15, -0.1) is 6.58 Å². The Hall–Kier alpha value is -0.340. The molecule has 1 saturated carbocycles. The van der Waals surface area contributed by atoms with Crippen molar-refractivity contribution in [3.8, 4) is 0 Å². The Morgan fingerprint density at radius 1 is 1.27 bits per heavy atom. The number of rotatable bonds is 6. The van der Waals surface area contributed by atoms with Gasteiger partial charge in [0.2, 0.25) is 0 Å². The molecule has 2 aliphatic rings. The van der Waals surface area contributed by atoms with E-state index in [4.69, 9.17) is 0 Å². The fraction of sp³-hybridized carbons (Fsp3) is 0.846. The van der Waals surface area contributed by atoms with Crippen LogP contribution < -0.4 is 5.32 Å². The zero-order valence-electron chi connectivity index (χ0n) is 9.75. The van der Waals surface area contributed by atoms with Crippen molar-refractivity contribution >= 4 is 0 Å². The SMILES string of the molecule is C=CCCN1CCCCC1CNC1CC1. The summed E-state index contributed by atoms with van der Waals surface area (Å²) in [6.07, 6.45) is 10.2. The van der Waals surface area contributed by atoms with Crippen LogP contribution in [0.25, 0.3) is 0 Å². The van der Waals surface area contributed by atoms with E-state index in [9.17, 15) is 0 Å². The molecule has 0 aromatic rings. The second-order valence-electron chi connectivity index (χ2n) is 4.95. The highest BCUT2D eigenvalue weighted by Crippen LogP contribution is 2.21. The molecule has 1 saturated heterocycles. The molecule has 2 heteroatoms. The van der Waals surface area contributed by atoms with Gasteiger partial charge in [0.15, 0.2) is 0 Å². The molecule has 86 valence electrons. The highest BCUT2D eigenvalue weighted by molar-refractivity contribution is 4.86. The van der Waals surface area contributed by atoms with Gasteiger partial charge in [0.05, 0.1) is 0 Å². The Labute approximate surface area is 93.7 Å². The molecule has 1 atom stereocenters. The van der Waals surface area contributed by atoms with Crippen LogP contribution in [0.15, 0.2) is 12.7 Å². The third kappa shape index (κ3) is 3.62. The van der Waals surface area contributed by atoms with E-state index in [1.807, 2.05) is 6.08 Å². The average molecular weight is 208 g/mol. The minimum Gasteiger partial charge on any atom is -0.312 e. The Bertz CT molecular complexity index is 199. The molecule has 0 amide bonds. The monoisotopic (exact) mass is 208 g/mol. The molecular formula is C13H24N2. The van der Waals surface area contributed by atoms with Crippen molar-refractivity contribution in [2.45, 2.75) is 50.6 Å². The zero-order valence-corrected chi connectivity index (χ0v) is 9.75. The van der Waals surface area contributed by atoms with Crippen LogP contribution in [0.5, 0.6) is 0 Å². The molecule has 1 N–H and O–H groups in total. The first-order valence-corrected chi connectivity index (χ1v) is 6.48. The first-order valence-electron chi connectivity index (χ1n) is 6.48. The first-order chi connectivity index (χ1) is 7.40. The molecule has 2 nitrogen and oxygen atoms in total. The second kappa shape index (κ2) is 5.66. The van der Waals surface area contributed by atoms with E-state index in [1.54, 1.807) is 0 Å². The van der Waals surface area contributed by atoms with E-state index in [-0.39, 0.29) is 0 Å². The van der Waals surface area contributed by atoms with Crippen LogP contribution in [-0.2, 0) is 0 Å². The van der Waals surface area contributed by atoms with Crippen LogP contribution >= 0.6 is 0 Å². The molecule has 0 aromatic carbocycles. The lowest BCUT2D eigenvalue weighted by molar-refractivity contribution is 0.148. The van der Waals surface area contributed by atoms with Gasteiger partial charge in [-0.25, -0.2) is 0 Å². The number of piperidine rings is 1. The van der Waals surface area contributed by atoms with Gasteiger partial charge in [0, 0.05) is 25.2 Å². The van der Waals surface area contributed by atoms with E-state index in [0.717, 1.165) is 18.5 Å². The molecule has 1 heterocycles. The Morgan fingerprint density at radius 3 is 2.87 bits per heavy atom. The van der Waals surface area contributed by atoms with Crippen LogP contribution in [0.4, 0.5) is 0 Å². The van der Waals surface area contributed by atoms with E-state index in [1.165, 1.54) is 51.7 Å². The summed E-state index contributed by atoms with van der Waals surface area (Å²) < 4.78 is 0. The third-order valence-corrected chi connectivity index (χ3v) is 3.59. The Morgan fingerprint density at radius 2 is 2.13 bits per heavy atom. The molecule has 1 aliphatic carbocycles. The summed E-state index contributed by atoms with van der Waals surface area (Å²) in [5.74, 6) is 0. The number of hydrogen-bond donors (Lipinski definition) is 1. The quantitative estimate of drug-likeness (QED) is 0.673. The summed E-state index contributed by atoms with van der Waals surface area (Å²) in [6.45, 7) is 7.53. The van der Waals surface area contributed by atoms with Crippen molar-refractivity contribution in [3.63, 3.8) is 0 Å². The molecular weight excluding hydrogens is 184 g/mol. The Balaban J connectivity index is 1.72. The average Bonchev–Trinajstić information content (AvgIpc) is 3.08. The molecule has 2 fully saturated rings. The lowest BCUT2D eigenvalue weighted by atomic mass is 10.0. The predicted molar refractivity (Wildman–Crippen MR) is 65.1 cm³/mol. The van der Waals surface area contributed by atoms with Gasteiger partial charge in [-0.05, 0) is 38.6 Å². The molecule has 1 aliphatic heterocycles. The summed E-state index contributed by atoms with van der Waals surface area (Å²) in [7, 11) is 0. The van der Waals surface area contributed by atoms with Crippen molar-refractivity contribution in [1.29, 1.82) is 0 Å². The van der Waals surface area contributed by atoms with E-state index >= 15 is 0 Å². The zero-order chi connectivity index (χ0) is 10.5. The summed E-state index contributed by atoms with van der Waals surface area (Å²) in [6, 6.07) is 1.65. The van der Waals surface area contributed by atoms with Gasteiger partial charge in [-0.1, -0.05) is 12.5 Å². The van der Waals surface area contributed by atoms with Gasteiger partial charge in [0.25, 0.3) is 0 Å². The normalized spacial score (nSPS) is 27.9. The third-order valence-electron chi connectivity index (χ3n) is 3.59. The van der Waals surface area contributed by atoms with E-state index in [2.05, 4.69) is 16.8 Å². The minimum absolute atomic E-state index is 0.791. The lowest BCUT2D eigenvalue weighted by Crippen LogP contribution is -2.46. The largest absolute Gasteiger partial charge is 0.312 e. The molecule has 0 spiro atoms. The van der Waals surface area contributed by atoms with Crippen molar-refractivity contribution in [1.82, 2.24) is 10.2 Å². The minimum atomic E-state index is 0.791. The maximum Gasteiger partial charge on any atom is 0.0220 e. The molecule has 1 unspecified atom stereocenters. The van der Waals surface area contributed by atoms with Crippen molar-refractivity contribution in [2.24, 2.45) is 0 Å². The van der Waals surface area contributed by atoms with Gasteiger partial charge in [-0.2, -0.15) is 0 Å². The molecule has 0 radical (unpaired) electrons. The van der Waals surface area contributed by atoms with Crippen LogP contribution in [0.1, 0.15) is 38.5 Å². The van der Waals surface area contributed by atoms with Gasteiger partial charge in [0.1, 0.15) is 0 Å². The van der Waals surface area contributed by atoms with Crippen LogP contribution in [0, 0.1) is 0 Å². The number of nitrogens with zero attached hydrogens (tertiary/aromatic N) is 1. The van der Waals surface area contributed by atoms with Crippen LogP contribution in [0.3, 0.4) is 0 Å². The maximum atomic E-state index is 3.81. The smallest absolute Gasteiger partial charge is 0.0220 e. The number of nitrogens with one attached hydrogen (secondary N) is 1. The standard InChI is InChI=1S/C13H24N2/c1-2-3-9-15-10-5-4-6-13(15)11-14-12-7-8-12/h2,12-14H,1,3-11H2. The van der Waals surface area contributed by atoms with Crippen LogP contribution in [-0.4, -0.2) is 36.6 Å². The van der Waals surface area contributed by atoms with Crippen molar-refractivity contribution < 1.29 is 0 Å².